The quantitative estimate of drug-likeness (QED) is 0.689. The third kappa shape index (κ3) is 4.77. The number of nitrogens with zero attached hydrogens (tertiary/aromatic N) is 1. The van der Waals surface area contributed by atoms with E-state index in [1.54, 1.807) is 31.4 Å². The van der Waals surface area contributed by atoms with E-state index in [0.29, 0.717) is 17.9 Å². The van der Waals surface area contributed by atoms with Crippen LogP contribution in [0.15, 0.2) is 54.6 Å². The van der Waals surface area contributed by atoms with Crippen LogP contribution in [0.2, 0.25) is 0 Å². The van der Waals surface area contributed by atoms with Crippen molar-refractivity contribution in [2.45, 2.75) is 18.6 Å². The fourth-order valence-corrected chi connectivity index (χ4v) is 2.87. The normalized spacial score (nSPS) is 17.6. The molecule has 0 unspecified atom stereocenters. The van der Waals surface area contributed by atoms with Gasteiger partial charge < -0.3 is 19.9 Å². The third-order valence-electron chi connectivity index (χ3n) is 4.28. The Morgan fingerprint density at radius 1 is 1.07 bits per heavy atom. The second-order valence-electron chi connectivity index (χ2n) is 6.28. The van der Waals surface area contributed by atoms with E-state index in [9.17, 15) is 14.7 Å². The van der Waals surface area contributed by atoms with Gasteiger partial charge >= 0.3 is 6.03 Å². The first-order valence-electron chi connectivity index (χ1n) is 8.67. The zero-order chi connectivity index (χ0) is 19.2. The smallest absolute Gasteiger partial charge is 0.324 e. The maximum Gasteiger partial charge on any atom is 0.324 e. The van der Waals surface area contributed by atoms with E-state index in [4.69, 9.17) is 9.47 Å². The summed E-state index contributed by atoms with van der Waals surface area (Å²) in [5.41, 5.74) is 0.960. The Morgan fingerprint density at radius 3 is 2.41 bits per heavy atom. The van der Waals surface area contributed by atoms with Crippen molar-refractivity contribution in [2.24, 2.45) is 0 Å². The van der Waals surface area contributed by atoms with Gasteiger partial charge in [0.2, 0.25) is 0 Å². The van der Waals surface area contributed by atoms with E-state index in [2.05, 4.69) is 5.32 Å². The second-order valence-corrected chi connectivity index (χ2v) is 6.28. The molecule has 0 aliphatic carbocycles. The molecule has 0 saturated carbocycles. The van der Waals surface area contributed by atoms with Gasteiger partial charge in [-0.05, 0) is 29.8 Å². The number of methoxy groups -OCH3 is 1. The first-order chi connectivity index (χ1) is 13.1. The fourth-order valence-electron chi connectivity index (χ4n) is 2.87. The predicted molar refractivity (Wildman–Crippen MR) is 98.7 cm³/mol. The van der Waals surface area contributed by atoms with E-state index in [0.717, 1.165) is 10.5 Å². The van der Waals surface area contributed by atoms with Crippen molar-refractivity contribution in [3.63, 3.8) is 0 Å². The number of hydrogen-bond donors (Lipinski definition) is 2. The van der Waals surface area contributed by atoms with Crippen LogP contribution in [-0.4, -0.2) is 54.4 Å². The lowest BCUT2D eigenvalue weighted by molar-refractivity contribution is -0.128. The first-order valence-corrected chi connectivity index (χ1v) is 8.67. The third-order valence-corrected chi connectivity index (χ3v) is 4.28. The van der Waals surface area contributed by atoms with Crippen molar-refractivity contribution in [3.8, 4) is 11.5 Å². The molecule has 2 N–H and O–H groups in total. The summed E-state index contributed by atoms with van der Waals surface area (Å²) >= 11 is 0. The van der Waals surface area contributed by atoms with E-state index < -0.39 is 18.2 Å². The van der Waals surface area contributed by atoms with Crippen LogP contribution in [0, 0.1) is 0 Å². The largest absolute Gasteiger partial charge is 0.497 e. The molecule has 0 spiro atoms. The van der Waals surface area contributed by atoms with Gasteiger partial charge in [-0.2, -0.15) is 0 Å². The van der Waals surface area contributed by atoms with Crippen molar-refractivity contribution in [2.75, 3.05) is 20.3 Å². The highest BCUT2D eigenvalue weighted by Gasteiger charge is 2.38. The molecule has 1 heterocycles. The second kappa shape index (κ2) is 8.55. The Balaban J connectivity index is 1.51. The molecule has 7 nitrogen and oxygen atoms in total. The van der Waals surface area contributed by atoms with Gasteiger partial charge in [0, 0.05) is 6.42 Å². The number of β-amino-alcohol motifs (C(OH)–C–C–N with tert-alkyl or cyclic N) is 1. The maximum atomic E-state index is 12.5. The van der Waals surface area contributed by atoms with Crippen LogP contribution in [0.1, 0.15) is 5.56 Å². The molecular weight excluding hydrogens is 348 g/mol. The molecule has 0 radical (unpaired) electrons. The maximum absolute atomic E-state index is 12.5. The highest BCUT2D eigenvalue weighted by Crippen LogP contribution is 2.17. The summed E-state index contributed by atoms with van der Waals surface area (Å²) in [7, 11) is 1.57. The number of imide groups is 1. The van der Waals surface area contributed by atoms with E-state index in [1.807, 2.05) is 30.3 Å². The van der Waals surface area contributed by atoms with Crippen molar-refractivity contribution in [1.29, 1.82) is 0 Å². The summed E-state index contributed by atoms with van der Waals surface area (Å²) in [5, 5.41) is 12.8. The molecule has 27 heavy (non-hydrogen) atoms. The molecule has 2 aromatic rings. The molecule has 0 bridgehead atoms. The molecule has 0 aromatic heterocycles. The van der Waals surface area contributed by atoms with Crippen molar-refractivity contribution >= 4 is 11.9 Å². The van der Waals surface area contributed by atoms with Gasteiger partial charge in [-0.25, -0.2) is 4.79 Å². The van der Waals surface area contributed by atoms with Gasteiger partial charge in [-0.15, -0.1) is 0 Å². The van der Waals surface area contributed by atoms with Gasteiger partial charge in [-0.1, -0.05) is 30.3 Å². The van der Waals surface area contributed by atoms with Crippen LogP contribution in [0.5, 0.6) is 11.5 Å². The molecule has 1 saturated heterocycles. The first kappa shape index (κ1) is 18.7. The van der Waals surface area contributed by atoms with Gasteiger partial charge in [0.15, 0.2) is 0 Å². The Labute approximate surface area is 157 Å². The summed E-state index contributed by atoms with van der Waals surface area (Å²) < 4.78 is 10.6. The lowest BCUT2D eigenvalue weighted by atomic mass is 10.1. The minimum Gasteiger partial charge on any atom is -0.497 e. The molecular formula is C20H22N2O5. The Kier molecular flexibility index (Phi) is 5.93. The molecule has 7 heteroatoms. The van der Waals surface area contributed by atoms with Crippen molar-refractivity contribution < 1.29 is 24.2 Å². The zero-order valence-electron chi connectivity index (χ0n) is 15.0. The average Bonchev–Trinajstić information content (AvgIpc) is 2.95. The van der Waals surface area contributed by atoms with Crippen LogP contribution in [0.4, 0.5) is 4.79 Å². The van der Waals surface area contributed by atoms with Gasteiger partial charge in [-0.3, -0.25) is 9.69 Å². The number of urea groups is 1. The topological polar surface area (TPSA) is 88.1 Å². The number of hydrogen-bond acceptors (Lipinski definition) is 5. The Hall–Kier alpha value is -3.06. The number of carbonyl (C=O) groups excluding carboxylic acids is 2. The number of amides is 3. The van der Waals surface area contributed by atoms with E-state index in [1.165, 1.54) is 0 Å². The minimum absolute atomic E-state index is 0.0350. The lowest BCUT2D eigenvalue weighted by Crippen LogP contribution is -2.40. The lowest BCUT2D eigenvalue weighted by Gasteiger charge is -2.18. The summed E-state index contributed by atoms with van der Waals surface area (Å²) in [6.45, 7) is -0.154. The average molecular weight is 370 g/mol. The highest BCUT2D eigenvalue weighted by molar-refractivity contribution is 6.04. The summed E-state index contributed by atoms with van der Waals surface area (Å²) in [5.74, 6) is 0.924. The van der Waals surface area contributed by atoms with Crippen LogP contribution < -0.4 is 14.8 Å². The molecule has 3 amide bonds. The molecule has 1 aliphatic rings. The summed E-state index contributed by atoms with van der Waals surface area (Å²) in [6.07, 6.45) is -0.572. The number of aliphatic hydroxyl groups is 1. The minimum atomic E-state index is -0.989. The molecule has 142 valence electrons. The molecule has 2 aromatic carbocycles. The predicted octanol–water partition coefficient (Wildman–Crippen LogP) is 1.60. The number of carbonyl (C=O) groups is 2. The van der Waals surface area contributed by atoms with Crippen molar-refractivity contribution in [3.05, 3.63) is 60.2 Å². The monoisotopic (exact) mass is 370 g/mol. The highest BCUT2D eigenvalue weighted by atomic mass is 16.5. The molecule has 2 atom stereocenters. The number of nitrogens with one attached hydrogen (secondary N) is 1. The van der Waals surface area contributed by atoms with Gasteiger partial charge in [0.05, 0.1) is 13.7 Å². The van der Waals surface area contributed by atoms with E-state index >= 15 is 0 Å². The molecule has 1 aliphatic heterocycles. The standard InChI is InChI=1S/C20H22N2O5/c1-26-16-7-9-17(10-8-16)27-13-15(23)12-22-19(24)18(21-20(22)25)11-14-5-3-2-4-6-14/h2-10,15,18,23H,11-13H2,1H3,(H,21,25)/t15-,18+/m0/s1. The Bertz CT molecular complexity index is 779. The molecule has 3 rings (SSSR count). The van der Waals surface area contributed by atoms with Crippen LogP contribution in [-0.2, 0) is 11.2 Å². The van der Waals surface area contributed by atoms with Gasteiger partial charge in [0.1, 0.15) is 30.3 Å². The van der Waals surface area contributed by atoms with Crippen molar-refractivity contribution in [1.82, 2.24) is 10.2 Å². The Morgan fingerprint density at radius 2 is 1.74 bits per heavy atom. The van der Waals surface area contributed by atoms with Crippen LogP contribution in [0.3, 0.4) is 0 Å². The number of ether oxygens (including phenoxy) is 2. The number of benzene rings is 2. The summed E-state index contributed by atoms with van der Waals surface area (Å²) in [6, 6.07) is 15.3. The fraction of sp³-hybridized carbons (Fsp3) is 0.300. The zero-order valence-corrected chi connectivity index (χ0v) is 15.0. The number of aliphatic hydroxyl groups excluding tert-OH is 1. The van der Waals surface area contributed by atoms with Crippen LogP contribution >= 0.6 is 0 Å². The number of rotatable bonds is 8. The van der Waals surface area contributed by atoms with E-state index in [-0.39, 0.29) is 19.1 Å². The van der Waals surface area contributed by atoms with Gasteiger partial charge in [0.25, 0.3) is 5.91 Å². The summed E-state index contributed by atoms with van der Waals surface area (Å²) in [4.78, 5) is 25.6. The SMILES string of the molecule is COc1ccc(OC[C@@H](O)CN2C(=O)N[C@H](Cc3ccccc3)C2=O)cc1. The molecule has 1 fully saturated rings. The van der Waals surface area contributed by atoms with Crippen LogP contribution in [0.25, 0.3) is 0 Å².